The summed E-state index contributed by atoms with van der Waals surface area (Å²) in [6.07, 6.45) is -0.108. The highest BCUT2D eigenvalue weighted by atomic mass is 79.9. The van der Waals surface area contributed by atoms with Crippen LogP contribution in [0.1, 0.15) is 11.1 Å². The fraction of sp³-hybridized carbons (Fsp3) is 0.235. The highest BCUT2D eigenvalue weighted by Crippen LogP contribution is 2.14. The molecule has 0 amide bonds. The van der Waals surface area contributed by atoms with E-state index in [-0.39, 0.29) is 5.97 Å². The molecule has 2 rings (SSSR count). The zero-order valence-corrected chi connectivity index (χ0v) is 13.4. The molecule has 3 nitrogen and oxygen atoms in total. The SMILES string of the molecule is COC(=O)[C@H](Cc1ccc(Br)cc1)OCc1ccccc1. The van der Waals surface area contributed by atoms with E-state index in [1.54, 1.807) is 0 Å². The van der Waals surface area contributed by atoms with E-state index in [1.807, 2.05) is 54.6 Å². The molecule has 0 bridgehead atoms. The molecule has 2 aromatic rings. The number of halogens is 1. The van der Waals surface area contributed by atoms with E-state index < -0.39 is 6.10 Å². The summed E-state index contributed by atoms with van der Waals surface area (Å²) in [5.41, 5.74) is 2.06. The van der Waals surface area contributed by atoms with Crippen molar-refractivity contribution in [1.29, 1.82) is 0 Å². The molecule has 0 aliphatic carbocycles. The van der Waals surface area contributed by atoms with Gasteiger partial charge < -0.3 is 9.47 Å². The Bertz CT molecular complexity index is 566. The first-order valence-corrected chi connectivity index (χ1v) is 7.46. The highest BCUT2D eigenvalue weighted by Gasteiger charge is 2.20. The van der Waals surface area contributed by atoms with E-state index in [4.69, 9.17) is 9.47 Å². The van der Waals surface area contributed by atoms with E-state index >= 15 is 0 Å². The second-order valence-electron chi connectivity index (χ2n) is 4.64. The Labute approximate surface area is 133 Å². The van der Waals surface area contributed by atoms with Gasteiger partial charge in [0.15, 0.2) is 6.10 Å². The van der Waals surface area contributed by atoms with Gasteiger partial charge in [-0.15, -0.1) is 0 Å². The summed E-state index contributed by atoms with van der Waals surface area (Å²) in [7, 11) is 1.38. The van der Waals surface area contributed by atoms with Gasteiger partial charge in [0.1, 0.15) is 0 Å². The Morgan fingerprint density at radius 3 is 2.33 bits per heavy atom. The first-order valence-electron chi connectivity index (χ1n) is 6.67. The number of benzene rings is 2. The summed E-state index contributed by atoms with van der Waals surface area (Å²) in [5.74, 6) is -0.353. The summed E-state index contributed by atoms with van der Waals surface area (Å²) < 4.78 is 11.6. The number of methoxy groups -OCH3 is 1. The van der Waals surface area contributed by atoms with Crippen molar-refractivity contribution < 1.29 is 14.3 Å². The summed E-state index contributed by atoms with van der Waals surface area (Å²) in [4.78, 5) is 11.8. The molecule has 0 heterocycles. The van der Waals surface area contributed by atoms with E-state index in [1.165, 1.54) is 7.11 Å². The predicted octanol–water partition coefficient (Wildman–Crippen LogP) is 3.75. The third kappa shape index (κ3) is 4.99. The van der Waals surface area contributed by atoms with Crippen LogP contribution in [-0.4, -0.2) is 19.2 Å². The molecule has 0 aliphatic heterocycles. The Hall–Kier alpha value is -1.65. The summed E-state index contributed by atoms with van der Waals surface area (Å²) in [5, 5.41) is 0. The monoisotopic (exact) mass is 348 g/mol. The number of carbonyl (C=O) groups excluding carboxylic acids is 1. The van der Waals surface area contributed by atoms with Gasteiger partial charge in [0, 0.05) is 10.9 Å². The van der Waals surface area contributed by atoms with Crippen LogP contribution in [0, 0.1) is 0 Å². The predicted molar refractivity (Wildman–Crippen MR) is 84.9 cm³/mol. The molecule has 2 aromatic carbocycles. The molecule has 21 heavy (non-hydrogen) atoms. The highest BCUT2D eigenvalue weighted by molar-refractivity contribution is 9.10. The van der Waals surface area contributed by atoms with Gasteiger partial charge in [0.25, 0.3) is 0 Å². The molecule has 0 saturated heterocycles. The van der Waals surface area contributed by atoms with Crippen LogP contribution in [0.25, 0.3) is 0 Å². The molecular formula is C17H17BrO3. The first kappa shape index (κ1) is 15.7. The Kier molecular flexibility index (Phi) is 5.96. The molecule has 110 valence electrons. The zero-order chi connectivity index (χ0) is 15.1. The Morgan fingerprint density at radius 2 is 1.71 bits per heavy atom. The first-order chi connectivity index (χ1) is 10.2. The zero-order valence-electron chi connectivity index (χ0n) is 11.8. The third-order valence-electron chi connectivity index (χ3n) is 3.09. The van der Waals surface area contributed by atoms with E-state index in [0.717, 1.165) is 15.6 Å². The molecule has 0 fully saturated rings. The lowest BCUT2D eigenvalue weighted by molar-refractivity contribution is -0.154. The maximum atomic E-state index is 11.8. The van der Waals surface area contributed by atoms with E-state index in [9.17, 15) is 4.79 Å². The molecule has 4 heteroatoms. The Balaban J connectivity index is 2.01. The molecule has 0 unspecified atom stereocenters. The number of esters is 1. The minimum absolute atomic E-state index is 0.353. The lowest BCUT2D eigenvalue weighted by atomic mass is 10.1. The van der Waals surface area contributed by atoms with Gasteiger partial charge in [-0.1, -0.05) is 58.4 Å². The normalized spacial score (nSPS) is 11.9. The molecule has 0 aromatic heterocycles. The summed E-state index contributed by atoms with van der Waals surface area (Å²) in [6, 6.07) is 17.6. The second kappa shape index (κ2) is 7.96. The molecule has 0 spiro atoms. The van der Waals surface area contributed by atoms with Crippen LogP contribution in [0.4, 0.5) is 0 Å². The fourth-order valence-electron chi connectivity index (χ4n) is 1.95. The smallest absolute Gasteiger partial charge is 0.335 e. The molecular weight excluding hydrogens is 332 g/mol. The maximum absolute atomic E-state index is 11.8. The van der Waals surface area contributed by atoms with Gasteiger partial charge in [-0.2, -0.15) is 0 Å². The standard InChI is InChI=1S/C17H17BrO3/c1-20-17(19)16(11-13-7-9-15(18)10-8-13)21-12-14-5-3-2-4-6-14/h2-10,16H,11-12H2,1H3/t16-/m0/s1. The van der Waals surface area contributed by atoms with Gasteiger partial charge in [-0.05, 0) is 23.3 Å². The van der Waals surface area contributed by atoms with Gasteiger partial charge in [0.05, 0.1) is 13.7 Å². The lowest BCUT2D eigenvalue weighted by Gasteiger charge is -2.16. The number of hydrogen-bond donors (Lipinski definition) is 0. The number of carbonyl (C=O) groups is 1. The average Bonchev–Trinajstić information content (AvgIpc) is 2.53. The Morgan fingerprint density at radius 1 is 1.05 bits per heavy atom. The van der Waals surface area contributed by atoms with Crippen LogP contribution in [-0.2, 0) is 27.3 Å². The summed E-state index contributed by atoms with van der Waals surface area (Å²) in [6.45, 7) is 0.386. The van der Waals surface area contributed by atoms with Crippen LogP contribution < -0.4 is 0 Å². The maximum Gasteiger partial charge on any atom is 0.335 e. The molecule has 0 radical (unpaired) electrons. The van der Waals surface area contributed by atoms with Gasteiger partial charge in [-0.25, -0.2) is 4.79 Å². The van der Waals surface area contributed by atoms with Crippen molar-refractivity contribution in [3.8, 4) is 0 Å². The van der Waals surface area contributed by atoms with Crippen molar-refractivity contribution in [2.45, 2.75) is 19.1 Å². The topological polar surface area (TPSA) is 35.5 Å². The van der Waals surface area contributed by atoms with Crippen LogP contribution in [0.5, 0.6) is 0 Å². The van der Waals surface area contributed by atoms with Crippen molar-refractivity contribution in [3.05, 3.63) is 70.2 Å². The van der Waals surface area contributed by atoms with Gasteiger partial charge in [0.2, 0.25) is 0 Å². The molecule has 1 atom stereocenters. The number of ether oxygens (including phenoxy) is 2. The van der Waals surface area contributed by atoms with Crippen LogP contribution in [0.3, 0.4) is 0 Å². The number of hydrogen-bond acceptors (Lipinski definition) is 3. The summed E-state index contributed by atoms with van der Waals surface area (Å²) >= 11 is 3.39. The van der Waals surface area contributed by atoms with Crippen molar-refractivity contribution in [2.24, 2.45) is 0 Å². The van der Waals surface area contributed by atoms with Crippen molar-refractivity contribution >= 4 is 21.9 Å². The minimum Gasteiger partial charge on any atom is -0.467 e. The molecule has 0 N–H and O–H groups in total. The quantitative estimate of drug-likeness (QED) is 0.745. The second-order valence-corrected chi connectivity index (χ2v) is 5.55. The van der Waals surface area contributed by atoms with Crippen molar-refractivity contribution in [2.75, 3.05) is 7.11 Å². The van der Waals surface area contributed by atoms with E-state index in [0.29, 0.717) is 13.0 Å². The van der Waals surface area contributed by atoms with Crippen molar-refractivity contribution in [1.82, 2.24) is 0 Å². The third-order valence-corrected chi connectivity index (χ3v) is 3.62. The molecule has 0 aliphatic rings. The molecule has 0 saturated carbocycles. The van der Waals surface area contributed by atoms with Crippen LogP contribution in [0.15, 0.2) is 59.1 Å². The minimum atomic E-state index is -0.601. The lowest BCUT2D eigenvalue weighted by Crippen LogP contribution is -2.28. The number of rotatable bonds is 6. The van der Waals surface area contributed by atoms with Gasteiger partial charge >= 0.3 is 5.97 Å². The van der Waals surface area contributed by atoms with E-state index in [2.05, 4.69) is 15.9 Å². The van der Waals surface area contributed by atoms with Crippen molar-refractivity contribution in [3.63, 3.8) is 0 Å². The van der Waals surface area contributed by atoms with Crippen LogP contribution >= 0.6 is 15.9 Å². The average molecular weight is 349 g/mol. The fourth-order valence-corrected chi connectivity index (χ4v) is 2.21. The largest absolute Gasteiger partial charge is 0.467 e. The van der Waals surface area contributed by atoms with Gasteiger partial charge in [-0.3, -0.25) is 0 Å². The van der Waals surface area contributed by atoms with Crippen LogP contribution in [0.2, 0.25) is 0 Å².